The normalized spacial score (nSPS) is 12.5. The van der Waals surface area contributed by atoms with Crippen LogP contribution in [0.2, 0.25) is 0 Å². The molecule has 0 aromatic heterocycles. The number of nitrogens with one attached hydrogen (secondary N) is 1. The maximum atomic E-state index is 12.4. The van der Waals surface area contributed by atoms with Crippen molar-refractivity contribution >= 4 is 11.7 Å². The zero-order valence-corrected chi connectivity index (χ0v) is 26.7. The van der Waals surface area contributed by atoms with Crippen molar-refractivity contribution in [1.29, 1.82) is 0 Å². The van der Waals surface area contributed by atoms with E-state index < -0.39 is 6.04 Å². The summed E-state index contributed by atoms with van der Waals surface area (Å²) in [6, 6.07) is -0.736. The Kier molecular flexibility index (Phi) is 31.0. The molecular weight excluding hydrogens is 494 g/mol. The minimum absolute atomic E-state index is 0.0353. The first-order chi connectivity index (χ1) is 19.7. The lowest BCUT2D eigenvalue weighted by atomic mass is 10.0. The first-order valence-electron chi connectivity index (χ1n) is 17.4. The summed E-state index contributed by atoms with van der Waals surface area (Å²) in [4.78, 5) is 24.7. The number of unbranched alkanes of at least 4 members (excludes halogenated alkanes) is 20. The van der Waals surface area contributed by atoms with E-state index >= 15 is 0 Å². The largest absolute Gasteiger partial charge is 0.394 e. The second-order valence-electron chi connectivity index (χ2n) is 11.7. The van der Waals surface area contributed by atoms with Crippen LogP contribution >= 0.6 is 0 Å². The van der Waals surface area contributed by atoms with Crippen LogP contribution in [0, 0.1) is 0 Å². The highest BCUT2D eigenvalue weighted by atomic mass is 16.3. The fraction of sp³-hybridized carbons (Fsp3) is 0.833. The van der Waals surface area contributed by atoms with Crippen LogP contribution in [0.15, 0.2) is 24.3 Å². The number of ketones is 1. The van der Waals surface area contributed by atoms with Gasteiger partial charge in [0.15, 0.2) is 5.78 Å². The summed E-state index contributed by atoms with van der Waals surface area (Å²) in [7, 11) is 0. The lowest BCUT2D eigenvalue weighted by molar-refractivity contribution is -0.128. The maximum absolute atomic E-state index is 12.4. The van der Waals surface area contributed by atoms with Crippen LogP contribution in [0.1, 0.15) is 181 Å². The number of allylic oxidation sites excluding steroid dienone is 4. The van der Waals surface area contributed by atoms with Crippen LogP contribution in [0.3, 0.4) is 0 Å². The van der Waals surface area contributed by atoms with Gasteiger partial charge in [-0.25, -0.2) is 0 Å². The van der Waals surface area contributed by atoms with Gasteiger partial charge in [0.1, 0.15) is 6.04 Å². The number of aliphatic hydroxyl groups is 1. The average molecular weight is 562 g/mol. The summed E-state index contributed by atoms with van der Waals surface area (Å²) in [6.07, 6.45) is 39.3. The molecule has 0 saturated carbocycles. The van der Waals surface area contributed by atoms with E-state index in [0.29, 0.717) is 12.8 Å². The molecule has 0 radical (unpaired) electrons. The molecule has 4 nitrogen and oxygen atoms in total. The minimum atomic E-state index is -0.736. The van der Waals surface area contributed by atoms with E-state index in [0.717, 1.165) is 44.9 Å². The lowest BCUT2D eigenvalue weighted by Crippen LogP contribution is -2.43. The number of hydrogen-bond donors (Lipinski definition) is 2. The van der Waals surface area contributed by atoms with E-state index in [-0.39, 0.29) is 18.3 Å². The standard InChI is InChI=1S/C36H67NO3/c1-3-5-7-9-11-13-15-17-18-20-21-23-25-27-29-31-35(39)34(33-38)37-36(40)32-30-28-26-24-22-19-16-14-12-10-8-6-4-2/h11,13,17-18,34,38H,3-10,12,14-16,19-33H2,1-2H3,(H,37,40)/b13-11-,18-17-. The van der Waals surface area contributed by atoms with Crippen molar-refractivity contribution in [2.24, 2.45) is 0 Å². The third kappa shape index (κ3) is 28.1. The molecule has 0 fully saturated rings. The van der Waals surface area contributed by atoms with Gasteiger partial charge in [0.2, 0.25) is 5.91 Å². The smallest absolute Gasteiger partial charge is 0.220 e. The van der Waals surface area contributed by atoms with Crippen molar-refractivity contribution in [1.82, 2.24) is 5.32 Å². The Labute approximate surface area is 249 Å². The molecule has 0 rings (SSSR count). The fourth-order valence-corrected chi connectivity index (χ4v) is 5.08. The first kappa shape index (κ1) is 38.6. The van der Waals surface area contributed by atoms with Gasteiger partial charge >= 0.3 is 0 Å². The van der Waals surface area contributed by atoms with Gasteiger partial charge in [0, 0.05) is 12.8 Å². The van der Waals surface area contributed by atoms with Gasteiger partial charge in [-0.3, -0.25) is 9.59 Å². The molecule has 0 aliphatic carbocycles. The highest BCUT2D eigenvalue weighted by Gasteiger charge is 2.18. The Balaban J connectivity index is 3.62. The lowest BCUT2D eigenvalue weighted by Gasteiger charge is -2.15. The number of carbonyl (C=O) groups excluding carboxylic acids is 2. The third-order valence-corrected chi connectivity index (χ3v) is 7.79. The molecule has 0 aromatic carbocycles. The van der Waals surface area contributed by atoms with Crippen LogP contribution < -0.4 is 5.32 Å². The molecule has 0 saturated heterocycles. The summed E-state index contributed by atoms with van der Waals surface area (Å²) in [5.74, 6) is -0.137. The SMILES string of the molecule is CCCCC/C=C\C/C=C\CCCCCCCC(=O)C(CO)NC(=O)CCCCCCCCCCCCCCC. The Morgan fingerprint density at radius 3 is 1.45 bits per heavy atom. The third-order valence-electron chi connectivity index (χ3n) is 7.79. The van der Waals surface area contributed by atoms with Gasteiger partial charge in [-0.1, -0.05) is 147 Å². The van der Waals surface area contributed by atoms with Crippen LogP contribution in [-0.4, -0.2) is 29.4 Å². The summed E-state index contributed by atoms with van der Waals surface area (Å²) in [5, 5.41) is 12.4. The zero-order chi connectivity index (χ0) is 29.4. The Morgan fingerprint density at radius 1 is 0.550 bits per heavy atom. The van der Waals surface area contributed by atoms with Gasteiger partial charge in [-0.15, -0.1) is 0 Å². The van der Waals surface area contributed by atoms with Crippen LogP contribution in [0.25, 0.3) is 0 Å². The van der Waals surface area contributed by atoms with Gasteiger partial charge in [0.25, 0.3) is 0 Å². The topological polar surface area (TPSA) is 66.4 Å². The highest BCUT2D eigenvalue weighted by molar-refractivity contribution is 5.89. The van der Waals surface area contributed by atoms with Crippen molar-refractivity contribution < 1.29 is 14.7 Å². The number of Topliss-reactive ketones (excluding diaryl/α,β-unsaturated/α-hetero) is 1. The van der Waals surface area contributed by atoms with Gasteiger partial charge < -0.3 is 10.4 Å². The van der Waals surface area contributed by atoms with Crippen LogP contribution in [0.4, 0.5) is 0 Å². The number of rotatable bonds is 31. The molecule has 1 unspecified atom stereocenters. The number of hydrogen-bond acceptors (Lipinski definition) is 3. The number of amides is 1. The molecule has 0 bridgehead atoms. The minimum Gasteiger partial charge on any atom is -0.394 e. The second kappa shape index (κ2) is 32.1. The van der Waals surface area contributed by atoms with Gasteiger partial charge in [-0.2, -0.15) is 0 Å². The number of aliphatic hydroxyl groups excluding tert-OH is 1. The van der Waals surface area contributed by atoms with Crippen molar-refractivity contribution in [3.05, 3.63) is 24.3 Å². The zero-order valence-electron chi connectivity index (χ0n) is 26.7. The van der Waals surface area contributed by atoms with E-state index in [1.165, 1.54) is 109 Å². The molecule has 234 valence electrons. The average Bonchev–Trinajstić information content (AvgIpc) is 2.96. The molecule has 2 N–H and O–H groups in total. The maximum Gasteiger partial charge on any atom is 0.220 e. The predicted octanol–water partition coefficient (Wildman–Crippen LogP) is 10.3. The predicted molar refractivity (Wildman–Crippen MR) is 174 cm³/mol. The van der Waals surface area contributed by atoms with E-state index in [1.54, 1.807) is 0 Å². The number of carbonyl (C=O) groups is 2. The monoisotopic (exact) mass is 562 g/mol. The van der Waals surface area contributed by atoms with Crippen molar-refractivity contribution in [2.75, 3.05) is 6.61 Å². The Hall–Kier alpha value is -1.42. The summed E-state index contributed by atoms with van der Waals surface area (Å²) in [6.45, 7) is 4.20. The summed E-state index contributed by atoms with van der Waals surface area (Å²) >= 11 is 0. The second-order valence-corrected chi connectivity index (χ2v) is 11.7. The molecule has 0 aliphatic heterocycles. The fourth-order valence-electron chi connectivity index (χ4n) is 5.08. The van der Waals surface area contributed by atoms with Gasteiger partial charge in [-0.05, 0) is 44.9 Å². The van der Waals surface area contributed by atoms with Crippen molar-refractivity contribution in [2.45, 2.75) is 187 Å². The van der Waals surface area contributed by atoms with Crippen molar-refractivity contribution in [3.63, 3.8) is 0 Å². The first-order valence-corrected chi connectivity index (χ1v) is 17.4. The molecular formula is C36H67NO3. The van der Waals surface area contributed by atoms with E-state index in [2.05, 4.69) is 43.5 Å². The molecule has 0 spiro atoms. The van der Waals surface area contributed by atoms with E-state index in [9.17, 15) is 14.7 Å². The van der Waals surface area contributed by atoms with E-state index in [4.69, 9.17) is 0 Å². The molecule has 40 heavy (non-hydrogen) atoms. The van der Waals surface area contributed by atoms with Gasteiger partial charge in [0.05, 0.1) is 6.61 Å². The summed E-state index contributed by atoms with van der Waals surface area (Å²) < 4.78 is 0. The molecule has 1 amide bonds. The molecule has 0 aliphatic rings. The molecule has 0 heterocycles. The van der Waals surface area contributed by atoms with Crippen LogP contribution in [-0.2, 0) is 9.59 Å². The molecule has 1 atom stereocenters. The summed E-state index contributed by atoms with van der Waals surface area (Å²) in [5.41, 5.74) is 0. The quantitative estimate of drug-likeness (QED) is 0.0653. The van der Waals surface area contributed by atoms with Crippen LogP contribution in [0.5, 0.6) is 0 Å². The molecule has 0 aromatic rings. The highest BCUT2D eigenvalue weighted by Crippen LogP contribution is 2.13. The Morgan fingerprint density at radius 2 is 0.950 bits per heavy atom. The Bertz CT molecular complexity index is 613. The molecule has 4 heteroatoms. The van der Waals surface area contributed by atoms with Crippen molar-refractivity contribution in [3.8, 4) is 0 Å². The van der Waals surface area contributed by atoms with E-state index in [1.807, 2.05) is 0 Å².